The summed E-state index contributed by atoms with van der Waals surface area (Å²) >= 11 is 5.90. The lowest BCUT2D eigenvalue weighted by Crippen LogP contribution is -2.47. The fraction of sp³-hybridized carbons (Fsp3) is 0.455. The number of hydrogen-bond acceptors (Lipinski definition) is 3. The molecule has 0 spiro atoms. The van der Waals surface area contributed by atoms with E-state index in [1.54, 1.807) is 0 Å². The van der Waals surface area contributed by atoms with E-state index >= 15 is 0 Å². The molecule has 0 amide bonds. The summed E-state index contributed by atoms with van der Waals surface area (Å²) in [6, 6.07) is 8.01. The van der Waals surface area contributed by atoms with Gasteiger partial charge in [-0.1, -0.05) is 17.7 Å². The van der Waals surface area contributed by atoms with Gasteiger partial charge >= 0.3 is 0 Å². The molecule has 1 fully saturated rings. The van der Waals surface area contributed by atoms with Gasteiger partial charge in [0.25, 0.3) is 0 Å². The Morgan fingerprint density at radius 2 is 2.33 bits per heavy atom. The van der Waals surface area contributed by atoms with Gasteiger partial charge in [0.1, 0.15) is 0 Å². The summed E-state index contributed by atoms with van der Waals surface area (Å²) in [6.07, 6.45) is 0.938. The smallest absolute Gasteiger partial charge is 0.0637 e. The van der Waals surface area contributed by atoms with Crippen LogP contribution in [0.1, 0.15) is 6.42 Å². The first-order valence-electron chi connectivity index (χ1n) is 5.11. The van der Waals surface area contributed by atoms with E-state index in [0.29, 0.717) is 6.61 Å². The number of halogens is 1. The molecule has 2 atom stereocenters. The second-order valence-electron chi connectivity index (χ2n) is 3.79. The predicted molar refractivity (Wildman–Crippen MR) is 62.3 cm³/mol. The second-order valence-corrected chi connectivity index (χ2v) is 4.23. The lowest BCUT2D eigenvalue weighted by atomic mass is 10.0. The van der Waals surface area contributed by atoms with Crippen LogP contribution in [0.2, 0.25) is 5.02 Å². The van der Waals surface area contributed by atoms with Gasteiger partial charge in [-0.05, 0) is 24.6 Å². The molecule has 15 heavy (non-hydrogen) atoms. The average molecular weight is 227 g/mol. The first kappa shape index (κ1) is 10.7. The second kappa shape index (κ2) is 4.84. The summed E-state index contributed by atoms with van der Waals surface area (Å²) in [5.41, 5.74) is 6.96. The van der Waals surface area contributed by atoms with Crippen molar-refractivity contribution in [1.29, 1.82) is 0 Å². The minimum Gasteiger partial charge on any atom is -0.381 e. The predicted octanol–water partition coefficient (Wildman–Crippen LogP) is 1.87. The molecule has 82 valence electrons. The molecule has 1 heterocycles. The van der Waals surface area contributed by atoms with Crippen LogP contribution in [0.5, 0.6) is 0 Å². The van der Waals surface area contributed by atoms with Crippen molar-refractivity contribution in [3.63, 3.8) is 0 Å². The molecule has 2 unspecified atom stereocenters. The van der Waals surface area contributed by atoms with Crippen molar-refractivity contribution in [2.24, 2.45) is 5.73 Å². The zero-order chi connectivity index (χ0) is 10.7. The molecule has 2 rings (SSSR count). The molecule has 1 saturated heterocycles. The number of ether oxygens (including phenoxy) is 1. The third kappa shape index (κ3) is 2.84. The molecule has 0 radical (unpaired) electrons. The fourth-order valence-electron chi connectivity index (χ4n) is 1.73. The zero-order valence-electron chi connectivity index (χ0n) is 8.45. The van der Waals surface area contributed by atoms with Crippen LogP contribution in [0.4, 0.5) is 5.69 Å². The highest BCUT2D eigenvalue weighted by molar-refractivity contribution is 6.30. The Morgan fingerprint density at radius 1 is 1.47 bits per heavy atom. The first-order valence-corrected chi connectivity index (χ1v) is 5.49. The Bertz CT molecular complexity index is 332. The van der Waals surface area contributed by atoms with Crippen molar-refractivity contribution in [1.82, 2.24) is 0 Å². The van der Waals surface area contributed by atoms with Gasteiger partial charge in [0.15, 0.2) is 0 Å². The number of benzene rings is 1. The van der Waals surface area contributed by atoms with Gasteiger partial charge in [0.05, 0.1) is 6.61 Å². The van der Waals surface area contributed by atoms with Crippen molar-refractivity contribution in [3.05, 3.63) is 29.3 Å². The summed E-state index contributed by atoms with van der Waals surface area (Å²) in [5, 5.41) is 4.12. The minimum atomic E-state index is 0.0535. The highest BCUT2D eigenvalue weighted by Crippen LogP contribution is 2.18. The monoisotopic (exact) mass is 226 g/mol. The van der Waals surface area contributed by atoms with E-state index in [1.165, 1.54) is 0 Å². The van der Waals surface area contributed by atoms with Crippen LogP contribution in [-0.2, 0) is 4.74 Å². The maximum Gasteiger partial charge on any atom is 0.0637 e. The van der Waals surface area contributed by atoms with E-state index in [1.807, 2.05) is 24.3 Å². The normalized spacial score (nSPS) is 26.3. The minimum absolute atomic E-state index is 0.0535. The van der Waals surface area contributed by atoms with Gasteiger partial charge in [-0.3, -0.25) is 0 Å². The third-order valence-electron chi connectivity index (χ3n) is 2.58. The molecule has 0 aromatic heterocycles. The topological polar surface area (TPSA) is 47.3 Å². The van der Waals surface area contributed by atoms with E-state index in [-0.39, 0.29) is 12.1 Å². The number of hydrogen-bond donors (Lipinski definition) is 2. The van der Waals surface area contributed by atoms with Crippen LogP contribution >= 0.6 is 11.6 Å². The molecule has 0 bridgehead atoms. The lowest BCUT2D eigenvalue weighted by Gasteiger charge is -2.30. The molecule has 1 aliphatic heterocycles. The average Bonchev–Trinajstić information content (AvgIpc) is 2.22. The maximum atomic E-state index is 5.94. The molecule has 3 nitrogen and oxygen atoms in total. The summed E-state index contributed by atoms with van der Waals surface area (Å²) in [5.74, 6) is 0. The van der Waals surface area contributed by atoms with Crippen LogP contribution in [0.15, 0.2) is 24.3 Å². The number of nitrogens with one attached hydrogen (secondary N) is 1. The summed E-state index contributed by atoms with van der Waals surface area (Å²) in [4.78, 5) is 0. The highest BCUT2D eigenvalue weighted by atomic mass is 35.5. The van der Waals surface area contributed by atoms with E-state index in [0.717, 1.165) is 23.7 Å². The van der Waals surface area contributed by atoms with Gasteiger partial charge in [-0.2, -0.15) is 0 Å². The van der Waals surface area contributed by atoms with E-state index in [9.17, 15) is 0 Å². The molecule has 1 aromatic carbocycles. The number of rotatable bonds is 2. The quantitative estimate of drug-likeness (QED) is 0.810. The van der Waals surface area contributed by atoms with Crippen LogP contribution in [0.3, 0.4) is 0 Å². The van der Waals surface area contributed by atoms with Gasteiger partial charge < -0.3 is 15.8 Å². The fourth-order valence-corrected chi connectivity index (χ4v) is 1.92. The first-order chi connectivity index (χ1) is 7.25. The van der Waals surface area contributed by atoms with Crippen molar-refractivity contribution < 1.29 is 4.74 Å². The summed E-state index contributed by atoms with van der Waals surface area (Å²) in [7, 11) is 0. The van der Waals surface area contributed by atoms with Gasteiger partial charge in [-0.25, -0.2) is 0 Å². The molecule has 0 aliphatic carbocycles. The molecule has 1 aliphatic rings. The SMILES string of the molecule is NC1COCCC1Nc1cccc(Cl)c1. The summed E-state index contributed by atoms with van der Waals surface area (Å²) < 4.78 is 5.28. The van der Waals surface area contributed by atoms with E-state index < -0.39 is 0 Å². The van der Waals surface area contributed by atoms with Gasteiger partial charge in [0.2, 0.25) is 0 Å². The van der Waals surface area contributed by atoms with Crippen molar-refractivity contribution in [3.8, 4) is 0 Å². The van der Waals surface area contributed by atoms with E-state index in [4.69, 9.17) is 22.1 Å². The molecule has 0 saturated carbocycles. The maximum absolute atomic E-state index is 5.94. The van der Waals surface area contributed by atoms with Gasteiger partial charge in [0, 0.05) is 29.4 Å². The number of anilines is 1. The van der Waals surface area contributed by atoms with Crippen molar-refractivity contribution in [2.45, 2.75) is 18.5 Å². The Labute approximate surface area is 94.6 Å². The van der Waals surface area contributed by atoms with E-state index in [2.05, 4.69) is 5.32 Å². The van der Waals surface area contributed by atoms with Crippen molar-refractivity contribution >= 4 is 17.3 Å². The third-order valence-corrected chi connectivity index (χ3v) is 2.81. The van der Waals surface area contributed by atoms with Crippen LogP contribution in [0, 0.1) is 0 Å². The standard InChI is InChI=1S/C11H15ClN2O/c12-8-2-1-3-9(6-8)14-11-4-5-15-7-10(11)13/h1-3,6,10-11,14H,4-5,7,13H2. The zero-order valence-corrected chi connectivity index (χ0v) is 9.20. The van der Waals surface area contributed by atoms with Crippen LogP contribution in [-0.4, -0.2) is 25.3 Å². The Hall–Kier alpha value is -0.770. The molecular weight excluding hydrogens is 212 g/mol. The van der Waals surface area contributed by atoms with Crippen LogP contribution < -0.4 is 11.1 Å². The molecule has 1 aromatic rings. The summed E-state index contributed by atoms with van der Waals surface area (Å²) in [6.45, 7) is 1.39. The van der Waals surface area contributed by atoms with Crippen LogP contribution in [0.25, 0.3) is 0 Å². The lowest BCUT2D eigenvalue weighted by molar-refractivity contribution is 0.0752. The Balaban J connectivity index is 2.01. The molecule has 3 N–H and O–H groups in total. The molecule has 4 heteroatoms. The highest BCUT2D eigenvalue weighted by Gasteiger charge is 2.21. The largest absolute Gasteiger partial charge is 0.381 e. The number of nitrogens with two attached hydrogens (primary N) is 1. The Kier molecular flexibility index (Phi) is 3.46. The van der Waals surface area contributed by atoms with Gasteiger partial charge in [-0.15, -0.1) is 0 Å². The molecular formula is C11H15ClN2O. The Morgan fingerprint density at radius 3 is 3.07 bits per heavy atom. The van der Waals surface area contributed by atoms with Crippen molar-refractivity contribution in [2.75, 3.05) is 18.5 Å².